The van der Waals surface area contributed by atoms with Gasteiger partial charge in [0.05, 0.1) is 0 Å². The molecule has 9 heteroatoms. The molecule has 0 aliphatic rings. The van der Waals surface area contributed by atoms with Gasteiger partial charge in [-0.1, -0.05) is 30.6 Å². The molecule has 7 nitrogen and oxygen atoms in total. The first-order valence-electron chi connectivity index (χ1n) is 8.35. The van der Waals surface area contributed by atoms with Crippen LogP contribution in [-0.4, -0.2) is 27.7 Å². The second-order valence-electron chi connectivity index (χ2n) is 6.13. The summed E-state index contributed by atoms with van der Waals surface area (Å²) in [5, 5.41) is 7.96. The zero-order valence-electron chi connectivity index (χ0n) is 14.7. The van der Waals surface area contributed by atoms with Crippen molar-refractivity contribution in [2.45, 2.75) is 33.1 Å². The Kier molecular flexibility index (Phi) is 7.80. The second kappa shape index (κ2) is 10.1. The SMILES string of the molecule is CC(C)CCNC(=S)NNC(=O)CCc1nc(-c2ccc(Cl)cc2)no1. The Morgan fingerprint density at radius 1 is 1.27 bits per heavy atom. The molecule has 1 aromatic carbocycles. The normalized spacial score (nSPS) is 10.6. The van der Waals surface area contributed by atoms with E-state index in [-0.39, 0.29) is 12.3 Å². The molecule has 0 bridgehead atoms. The molecule has 1 amide bonds. The number of benzene rings is 1. The van der Waals surface area contributed by atoms with E-state index >= 15 is 0 Å². The van der Waals surface area contributed by atoms with Crippen LogP contribution in [0.3, 0.4) is 0 Å². The van der Waals surface area contributed by atoms with E-state index in [2.05, 4.69) is 40.2 Å². The van der Waals surface area contributed by atoms with Gasteiger partial charge >= 0.3 is 0 Å². The Labute approximate surface area is 162 Å². The Hall–Kier alpha value is -2.19. The molecule has 2 rings (SSSR count). The van der Waals surface area contributed by atoms with E-state index in [1.54, 1.807) is 24.3 Å². The topological polar surface area (TPSA) is 92.1 Å². The molecule has 0 radical (unpaired) electrons. The van der Waals surface area contributed by atoms with Crippen LogP contribution in [-0.2, 0) is 11.2 Å². The second-order valence-corrected chi connectivity index (χ2v) is 6.97. The van der Waals surface area contributed by atoms with Crippen LogP contribution in [0.1, 0.15) is 32.6 Å². The average molecular weight is 396 g/mol. The van der Waals surface area contributed by atoms with E-state index in [0.29, 0.717) is 34.2 Å². The summed E-state index contributed by atoms with van der Waals surface area (Å²) in [5.41, 5.74) is 6.01. The quantitative estimate of drug-likeness (QED) is 0.490. The lowest BCUT2D eigenvalue weighted by Gasteiger charge is -2.12. The smallest absolute Gasteiger partial charge is 0.238 e. The summed E-state index contributed by atoms with van der Waals surface area (Å²) in [5.74, 6) is 1.23. The molecule has 3 N–H and O–H groups in total. The maximum Gasteiger partial charge on any atom is 0.238 e. The molecule has 26 heavy (non-hydrogen) atoms. The standard InChI is InChI=1S/C17H22ClN5O2S/c1-11(2)9-10-19-17(26)22-21-14(24)7-8-15-20-16(23-25-15)12-3-5-13(18)6-4-12/h3-6,11H,7-10H2,1-2H3,(H,21,24)(H2,19,22,26). The van der Waals surface area contributed by atoms with Gasteiger partial charge in [0.2, 0.25) is 17.6 Å². The Bertz CT molecular complexity index is 733. The van der Waals surface area contributed by atoms with Gasteiger partial charge in [-0.2, -0.15) is 4.98 Å². The first kappa shape index (κ1) is 20.1. The lowest BCUT2D eigenvalue weighted by atomic mass is 10.1. The van der Waals surface area contributed by atoms with E-state index in [0.717, 1.165) is 18.5 Å². The molecule has 1 aromatic heterocycles. The molecule has 1 heterocycles. The number of carbonyl (C=O) groups is 1. The number of amides is 1. The van der Waals surface area contributed by atoms with Gasteiger partial charge in [-0.15, -0.1) is 0 Å². The minimum absolute atomic E-state index is 0.198. The van der Waals surface area contributed by atoms with E-state index in [1.165, 1.54) is 0 Å². The third-order valence-corrected chi connectivity index (χ3v) is 3.96. The summed E-state index contributed by atoms with van der Waals surface area (Å²) in [6.45, 7) is 5.03. The Morgan fingerprint density at radius 3 is 2.69 bits per heavy atom. The number of halogens is 1. The number of hydrogen-bond acceptors (Lipinski definition) is 5. The Morgan fingerprint density at radius 2 is 2.00 bits per heavy atom. The molecule has 0 atom stereocenters. The van der Waals surface area contributed by atoms with Crippen molar-refractivity contribution < 1.29 is 9.32 Å². The van der Waals surface area contributed by atoms with Gasteiger partial charge in [-0.05, 0) is 48.8 Å². The van der Waals surface area contributed by atoms with Gasteiger partial charge in [-0.25, -0.2) is 0 Å². The molecular weight excluding hydrogens is 374 g/mol. The van der Waals surface area contributed by atoms with Crippen LogP contribution < -0.4 is 16.2 Å². The van der Waals surface area contributed by atoms with Gasteiger partial charge in [0, 0.05) is 30.0 Å². The molecular formula is C17H22ClN5O2S. The molecule has 0 saturated carbocycles. The van der Waals surface area contributed by atoms with Gasteiger partial charge in [0.25, 0.3) is 0 Å². The van der Waals surface area contributed by atoms with Crippen molar-refractivity contribution >= 4 is 34.8 Å². The van der Waals surface area contributed by atoms with Gasteiger partial charge < -0.3 is 9.84 Å². The highest BCUT2D eigenvalue weighted by atomic mass is 35.5. The number of nitrogens with one attached hydrogen (secondary N) is 3. The maximum absolute atomic E-state index is 11.9. The molecule has 0 aliphatic heterocycles. The molecule has 0 spiro atoms. The third-order valence-electron chi connectivity index (χ3n) is 3.46. The summed E-state index contributed by atoms with van der Waals surface area (Å²) in [4.78, 5) is 16.1. The van der Waals surface area contributed by atoms with Crippen LogP contribution in [0.2, 0.25) is 5.02 Å². The average Bonchev–Trinajstić information content (AvgIpc) is 3.07. The summed E-state index contributed by atoms with van der Waals surface area (Å²) >= 11 is 10.9. The number of aromatic nitrogens is 2. The van der Waals surface area contributed by atoms with Crippen LogP contribution in [0.4, 0.5) is 0 Å². The fraction of sp³-hybridized carbons (Fsp3) is 0.412. The van der Waals surface area contributed by atoms with Gasteiger partial charge in [0.15, 0.2) is 5.11 Å². The highest BCUT2D eigenvalue weighted by molar-refractivity contribution is 7.80. The largest absolute Gasteiger partial charge is 0.361 e. The lowest BCUT2D eigenvalue weighted by Crippen LogP contribution is -2.47. The summed E-state index contributed by atoms with van der Waals surface area (Å²) in [7, 11) is 0. The lowest BCUT2D eigenvalue weighted by molar-refractivity contribution is -0.121. The number of rotatable bonds is 7. The fourth-order valence-corrected chi connectivity index (χ4v) is 2.28. The van der Waals surface area contributed by atoms with Crippen LogP contribution in [0, 0.1) is 5.92 Å². The fourth-order valence-electron chi connectivity index (χ4n) is 2.00. The predicted octanol–water partition coefficient (Wildman–Crippen LogP) is 2.86. The molecule has 140 valence electrons. The minimum Gasteiger partial charge on any atom is -0.361 e. The van der Waals surface area contributed by atoms with Crippen molar-refractivity contribution in [3.63, 3.8) is 0 Å². The van der Waals surface area contributed by atoms with Crippen molar-refractivity contribution in [1.82, 2.24) is 26.3 Å². The van der Waals surface area contributed by atoms with E-state index in [1.807, 2.05) is 0 Å². The maximum atomic E-state index is 11.9. The van der Waals surface area contributed by atoms with Crippen LogP contribution >= 0.6 is 23.8 Å². The summed E-state index contributed by atoms with van der Waals surface area (Å²) in [6, 6.07) is 7.12. The molecule has 0 fully saturated rings. The minimum atomic E-state index is -0.218. The summed E-state index contributed by atoms with van der Waals surface area (Å²) < 4.78 is 5.17. The van der Waals surface area contributed by atoms with Crippen molar-refractivity contribution in [3.8, 4) is 11.4 Å². The van der Waals surface area contributed by atoms with Gasteiger partial charge in [-0.3, -0.25) is 15.6 Å². The van der Waals surface area contributed by atoms with Crippen molar-refractivity contribution in [3.05, 3.63) is 35.2 Å². The van der Waals surface area contributed by atoms with E-state index < -0.39 is 0 Å². The zero-order chi connectivity index (χ0) is 18.9. The molecule has 0 saturated heterocycles. The molecule has 0 unspecified atom stereocenters. The number of hydrazine groups is 1. The summed E-state index contributed by atoms with van der Waals surface area (Å²) in [6.07, 6.45) is 1.54. The highest BCUT2D eigenvalue weighted by Crippen LogP contribution is 2.18. The molecule has 2 aromatic rings. The molecule has 0 aliphatic carbocycles. The number of aryl methyl sites for hydroxylation is 1. The van der Waals surface area contributed by atoms with Crippen molar-refractivity contribution in [2.75, 3.05) is 6.54 Å². The third kappa shape index (κ3) is 6.97. The van der Waals surface area contributed by atoms with Crippen LogP contribution in [0.25, 0.3) is 11.4 Å². The van der Waals surface area contributed by atoms with E-state index in [4.69, 9.17) is 28.3 Å². The van der Waals surface area contributed by atoms with Crippen LogP contribution in [0.15, 0.2) is 28.8 Å². The number of nitrogens with zero attached hydrogens (tertiary/aromatic N) is 2. The number of carbonyl (C=O) groups excluding carboxylic acids is 1. The first-order valence-corrected chi connectivity index (χ1v) is 9.14. The Balaban J connectivity index is 1.71. The zero-order valence-corrected chi connectivity index (χ0v) is 16.3. The van der Waals surface area contributed by atoms with Crippen molar-refractivity contribution in [2.24, 2.45) is 5.92 Å². The highest BCUT2D eigenvalue weighted by Gasteiger charge is 2.11. The van der Waals surface area contributed by atoms with Crippen molar-refractivity contribution in [1.29, 1.82) is 0 Å². The predicted molar refractivity (Wildman–Crippen MR) is 104 cm³/mol. The number of thiocarbonyl (C=S) groups is 1. The monoisotopic (exact) mass is 395 g/mol. The number of hydrogen-bond donors (Lipinski definition) is 3. The van der Waals surface area contributed by atoms with Gasteiger partial charge in [0.1, 0.15) is 0 Å². The van der Waals surface area contributed by atoms with E-state index in [9.17, 15) is 4.79 Å². The first-order chi connectivity index (χ1) is 12.4. The van der Waals surface area contributed by atoms with Crippen LogP contribution in [0.5, 0.6) is 0 Å².